The van der Waals surface area contributed by atoms with Gasteiger partial charge < -0.3 is 15.7 Å². The molecule has 1 aliphatic carbocycles. The van der Waals surface area contributed by atoms with E-state index in [1.165, 1.54) is 4.90 Å². The fourth-order valence-corrected chi connectivity index (χ4v) is 3.33. The average molecular weight is 312 g/mol. The predicted molar refractivity (Wildman–Crippen MR) is 89.3 cm³/mol. The summed E-state index contributed by atoms with van der Waals surface area (Å²) in [5.41, 5.74) is 6.84. The van der Waals surface area contributed by atoms with E-state index < -0.39 is 5.97 Å². The first kappa shape index (κ1) is 15.3. The summed E-state index contributed by atoms with van der Waals surface area (Å²) in [6, 6.07) is 11.2. The lowest BCUT2D eigenvalue weighted by Crippen LogP contribution is -2.42. The summed E-state index contributed by atoms with van der Waals surface area (Å²) in [5, 5.41) is 11.0. The summed E-state index contributed by atoms with van der Waals surface area (Å²) in [6.07, 6.45) is 3.77. The van der Waals surface area contributed by atoms with Crippen molar-refractivity contribution in [1.82, 2.24) is 4.90 Å². The summed E-state index contributed by atoms with van der Waals surface area (Å²) in [6.45, 7) is -0.282. The zero-order chi connectivity index (χ0) is 16.4. The molecule has 0 atom stereocenters. The van der Waals surface area contributed by atoms with Gasteiger partial charge in [0.15, 0.2) is 0 Å². The van der Waals surface area contributed by atoms with Crippen molar-refractivity contribution in [3.63, 3.8) is 0 Å². The Hall–Kier alpha value is -2.56. The zero-order valence-electron chi connectivity index (χ0n) is 12.9. The maximum atomic E-state index is 12.9. The lowest BCUT2D eigenvalue weighted by Gasteiger charge is -2.28. The highest BCUT2D eigenvalue weighted by atomic mass is 16.4. The van der Waals surface area contributed by atoms with Gasteiger partial charge in [0.2, 0.25) is 0 Å². The lowest BCUT2D eigenvalue weighted by molar-refractivity contribution is -0.138. The molecule has 0 aromatic heterocycles. The van der Waals surface area contributed by atoms with Crippen LogP contribution in [0, 0.1) is 0 Å². The van der Waals surface area contributed by atoms with Gasteiger partial charge in [0.1, 0.15) is 6.54 Å². The lowest BCUT2D eigenvalue weighted by atomic mass is 10.0. The second-order valence-corrected chi connectivity index (χ2v) is 6.05. The van der Waals surface area contributed by atoms with E-state index in [2.05, 4.69) is 0 Å². The smallest absolute Gasteiger partial charge is 0.323 e. The standard InChI is InChI=1S/C18H20N2O3/c19-16-10-13-6-2-1-5-12(13)9-15(16)18(23)20(11-17(21)22)14-7-3-4-8-14/h1-2,5-6,9-10,14H,3-4,7-8,11,19H2,(H,21,22). The number of hydrogen-bond acceptors (Lipinski definition) is 3. The minimum Gasteiger partial charge on any atom is -0.480 e. The van der Waals surface area contributed by atoms with Crippen LogP contribution in [0.15, 0.2) is 36.4 Å². The van der Waals surface area contributed by atoms with Crippen LogP contribution in [0.4, 0.5) is 5.69 Å². The molecule has 3 rings (SSSR count). The number of fused-ring (bicyclic) bond motifs is 1. The van der Waals surface area contributed by atoms with Crippen LogP contribution >= 0.6 is 0 Å². The Morgan fingerprint density at radius 2 is 1.74 bits per heavy atom. The molecule has 0 saturated heterocycles. The molecule has 1 fully saturated rings. The van der Waals surface area contributed by atoms with Gasteiger partial charge in [-0.15, -0.1) is 0 Å². The van der Waals surface area contributed by atoms with Gasteiger partial charge in [0.25, 0.3) is 5.91 Å². The Kier molecular flexibility index (Phi) is 4.19. The van der Waals surface area contributed by atoms with Gasteiger partial charge in [-0.25, -0.2) is 0 Å². The number of carbonyl (C=O) groups is 2. The Morgan fingerprint density at radius 3 is 2.35 bits per heavy atom. The van der Waals surface area contributed by atoms with E-state index in [1.54, 1.807) is 12.1 Å². The number of nitrogens with zero attached hydrogens (tertiary/aromatic N) is 1. The van der Waals surface area contributed by atoms with Gasteiger partial charge in [-0.05, 0) is 35.7 Å². The number of hydrogen-bond donors (Lipinski definition) is 2. The number of rotatable bonds is 4. The molecular formula is C18H20N2O3. The topological polar surface area (TPSA) is 83.6 Å². The van der Waals surface area contributed by atoms with Gasteiger partial charge in [-0.1, -0.05) is 37.1 Å². The molecule has 120 valence electrons. The molecular weight excluding hydrogens is 292 g/mol. The van der Waals surface area contributed by atoms with E-state index in [0.29, 0.717) is 11.3 Å². The molecule has 0 spiro atoms. The Bertz CT molecular complexity index is 751. The fraction of sp³-hybridized carbons (Fsp3) is 0.333. The first-order valence-corrected chi connectivity index (χ1v) is 7.87. The molecule has 1 amide bonds. The molecule has 0 unspecified atom stereocenters. The van der Waals surface area contributed by atoms with Crippen molar-refractivity contribution in [2.45, 2.75) is 31.7 Å². The maximum absolute atomic E-state index is 12.9. The minimum absolute atomic E-state index is 0.00975. The van der Waals surface area contributed by atoms with E-state index in [9.17, 15) is 9.59 Å². The molecule has 0 bridgehead atoms. The highest BCUT2D eigenvalue weighted by Crippen LogP contribution is 2.28. The molecule has 0 radical (unpaired) electrons. The van der Waals surface area contributed by atoms with Crippen molar-refractivity contribution in [1.29, 1.82) is 0 Å². The molecule has 5 heteroatoms. The van der Waals surface area contributed by atoms with Crippen LogP contribution in [-0.2, 0) is 4.79 Å². The molecule has 1 aliphatic rings. The highest BCUT2D eigenvalue weighted by Gasteiger charge is 2.30. The zero-order valence-corrected chi connectivity index (χ0v) is 12.9. The van der Waals surface area contributed by atoms with Gasteiger partial charge in [-0.3, -0.25) is 9.59 Å². The van der Waals surface area contributed by atoms with Gasteiger partial charge in [-0.2, -0.15) is 0 Å². The monoisotopic (exact) mass is 312 g/mol. The van der Waals surface area contributed by atoms with Crippen molar-refractivity contribution in [3.8, 4) is 0 Å². The van der Waals surface area contributed by atoms with Gasteiger partial charge >= 0.3 is 5.97 Å². The molecule has 1 saturated carbocycles. The third-order valence-electron chi connectivity index (χ3n) is 4.48. The molecule has 5 nitrogen and oxygen atoms in total. The maximum Gasteiger partial charge on any atom is 0.323 e. The van der Waals surface area contributed by atoms with E-state index in [1.807, 2.05) is 24.3 Å². The number of carbonyl (C=O) groups excluding carboxylic acids is 1. The quantitative estimate of drug-likeness (QED) is 0.850. The first-order chi connectivity index (χ1) is 11.1. The SMILES string of the molecule is Nc1cc2ccccc2cc1C(=O)N(CC(=O)O)C1CCCC1. The number of amides is 1. The van der Waals surface area contributed by atoms with Crippen molar-refractivity contribution >= 4 is 28.3 Å². The Labute approximate surface area is 134 Å². The predicted octanol–water partition coefficient (Wildman–Crippen LogP) is 2.89. The summed E-state index contributed by atoms with van der Waals surface area (Å²) in [4.78, 5) is 25.6. The third-order valence-corrected chi connectivity index (χ3v) is 4.48. The summed E-state index contributed by atoms with van der Waals surface area (Å²) in [7, 11) is 0. The summed E-state index contributed by atoms with van der Waals surface area (Å²) >= 11 is 0. The molecule has 2 aromatic rings. The van der Waals surface area contributed by atoms with Crippen molar-refractivity contribution in [3.05, 3.63) is 42.0 Å². The van der Waals surface area contributed by atoms with Crippen LogP contribution in [0.5, 0.6) is 0 Å². The molecule has 3 N–H and O–H groups in total. The number of aliphatic carboxylic acids is 1. The van der Waals surface area contributed by atoms with Crippen LogP contribution < -0.4 is 5.73 Å². The number of anilines is 1. The van der Waals surface area contributed by atoms with E-state index >= 15 is 0 Å². The number of nitrogens with two attached hydrogens (primary N) is 1. The van der Waals surface area contributed by atoms with Gasteiger partial charge in [0, 0.05) is 11.7 Å². The van der Waals surface area contributed by atoms with Crippen LogP contribution in [-0.4, -0.2) is 34.5 Å². The van der Waals surface area contributed by atoms with Crippen molar-refractivity contribution in [2.24, 2.45) is 0 Å². The minimum atomic E-state index is -0.996. The number of carboxylic acid groups (broad SMARTS) is 1. The van der Waals surface area contributed by atoms with Crippen LogP contribution in [0.3, 0.4) is 0 Å². The van der Waals surface area contributed by atoms with Crippen LogP contribution in [0.1, 0.15) is 36.0 Å². The van der Waals surface area contributed by atoms with Crippen molar-refractivity contribution < 1.29 is 14.7 Å². The summed E-state index contributed by atoms with van der Waals surface area (Å²) < 4.78 is 0. The van der Waals surface area contributed by atoms with E-state index in [0.717, 1.165) is 36.5 Å². The second-order valence-electron chi connectivity index (χ2n) is 6.05. The Morgan fingerprint density at radius 1 is 1.13 bits per heavy atom. The first-order valence-electron chi connectivity index (χ1n) is 7.87. The average Bonchev–Trinajstić information content (AvgIpc) is 3.05. The van der Waals surface area contributed by atoms with Gasteiger partial charge in [0.05, 0.1) is 5.56 Å². The fourth-order valence-electron chi connectivity index (χ4n) is 3.33. The van der Waals surface area contributed by atoms with E-state index in [-0.39, 0.29) is 18.5 Å². The normalized spacial score (nSPS) is 15.0. The number of nitrogen functional groups attached to an aromatic ring is 1. The molecule has 23 heavy (non-hydrogen) atoms. The largest absolute Gasteiger partial charge is 0.480 e. The van der Waals surface area contributed by atoms with Crippen molar-refractivity contribution in [2.75, 3.05) is 12.3 Å². The Balaban J connectivity index is 1.98. The number of benzene rings is 2. The molecule has 0 heterocycles. The summed E-state index contributed by atoms with van der Waals surface area (Å²) in [5.74, 6) is -1.29. The highest BCUT2D eigenvalue weighted by molar-refractivity contribution is 6.04. The third kappa shape index (κ3) is 3.13. The van der Waals surface area contributed by atoms with E-state index in [4.69, 9.17) is 10.8 Å². The number of carboxylic acids is 1. The molecule has 0 aliphatic heterocycles. The van der Waals surface area contributed by atoms with Crippen LogP contribution in [0.2, 0.25) is 0 Å². The van der Waals surface area contributed by atoms with Crippen LogP contribution in [0.25, 0.3) is 10.8 Å². The molecule has 2 aromatic carbocycles. The second kappa shape index (κ2) is 6.28.